The van der Waals surface area contributed by atoms with Crippen LogP contribution in [0.25, 0.3) is 0 Å². The lowest BCUT2D eigenvalue weighted by molar-refractivity contribution is -0.123. The van der Waals surface area contributed by atoms with E-state index in [4.69, 9.17) is 4.74 Å². The van der Waals surface area contributed by atoms with Gasteiger partial charge in [-0.2, -0.15) is 0 Å². The standard InChI is InChI=1S/C22H27N3O3/c1-2-28-22(27)25-14-10-19(11-15-25)24-21(26)20(18-6-4-3-5-7-18)16-17-8-12-23-13-9-17/h3-9,12-13,19-20H,2,10-11,14-16H2,1H3,(H,24,26). The number of carbonyl (C=O) groups excluding carboxylic acids is 2. The Hall–Kier alpha value is -2.89. The van der Waals surface area contributed by atoms with Crippen LogP contribution in [0.4, 0.5) is 4.79 Å². The highest BCUT2D eigenvalue weighted by molar-refractivity contribution is 5.84. The average molecular weight is 381 g/mol. The van der Waals surface area contributed by atoms with Crippen LogP contribution in [-0.2, 0) is 16.0 Å². The van der Waals surface area contributed by atoms with Gasteiger partial charge in [-0.05, 0) is 49.4 Å². The van der Waals surface area contributed by atoms with E-state index < -0.39 is 0 Å². The second-order valence-corrected chi connectivity index (χ2v) is 6.99. The number of pyridine rings is 1. The molecule has 1 fully saturated rings. The molecule has 1 aromatic heterocycles. The number of nitrogens with zero attached hydrogens (tertiary/aromatic N) is 2. The van der Waals surface area contributed by atoms with Crippen molar-refractivity contribution in [2.24, 2.45) is 0 Å². The normalized spacial score (nSPS) is 15.7. The van der Waals surface area contributed by atoms with Crippen LogP contribution in [0, 0.1) is 0 Å². The van der Waals surface area contributed by atoms with E-state index >= 15 is 0 Å². The average Bonchev–Trinajstić information content (AvgIpc) is 2.74. The number of benzene rings is 1. The Morgan fingerprint density at radius 2 is 1.82 bits per heavy atom. The van der Waals surface area contributed by atoms with E-state index in [0.717, 1.165) is 24.0 Å². The second-order valence-electron chi connectivity index (χ2n) is 6.99. The fraction of sp³-hybridized carbons (Fsp3) is 0.409. The minimum absolute atomic E-state index is 0.0256. The molecule has 0 bridgehead atoms. The summed E-state index contributed by atoms with van der Waals surface area (Å²) < 4.78 is 5.05. The molecule has 6 nitrogen and oxygen atoms in total. The molecule has 1 saturated heterocycles. The molecule has 1 unspecified atom stereocenters. The molecule has 148 valence electrons. The summed E-state index contributed by atoms with van der Waals surface area (Å²) in [6.45, 7) is 3.38. The van der Waals surface area contributed by atoms with Crippen molar-refractivity contribution in [3.05, 3.63) is 66.0 Å². The van der Waals surface area contributed by atoms with Crippen molar-refractivity contribution in [3.63, 3.8) is 0 Å². The Morgan fingerprint density at radius 3 is 2.46 bits per heavy atom. The number of likely N-dealkylation sites (tertiary alicyclic amines) is 1. The summed E-state index contributed by atoms with van der Waals surface area (Å²) in [4.78, 5) is 30.7. The molecule has 1 aromatic carbocycles. The SMILES string of the molecule is CCOC(=O)N1CCC(NC(=O)C(Cc2ccncc2)c2ccccc2)CC1. The summed E-state index contributed by atoms with van der Waals surface area (Å²) in [5, 5.41) is 3.20. The van der Waals surface area contributed by atoms with Gasteiger partial charge in [0.1, 0.15) is 0 Å². The molecule has 1 N–H and O–H groups in total. The highest BCUT2D eigenvalue weighted by Gasteiger charge is 2.27. The van der Waals surface area contributed by atoms with Gasteiger partial charge in [-0.15, -0.1) is 0 Å². The third-order valence-electron chi connectivity index (χ3n) is 5.07. The van der Waals surface area contributed by atoms with Crippen LogP contribution in [0.2, 0.25) is 0 Å². The molecule has 6 heteroatoms. The fourth-order valence-electron chi connectivity index (χ4n) is 3.52. The lowest BCUT2D eigenvalue weighted by Gasteiger charge is -2.32. The second kappa shape index (κ2) is 9.88. The third kappa shape index (κ3) is 5.31. The first-order valence-corrected chi connectivity index (χ1v) is 9.83. The van der Waals surface area contributed by atoms with Crippen LogP contribution >= 0.6 is 0 Å². The van der Waals surface area contributed by atoms with Crippen molar-refractivity contribution in [1.29, 1.82) is 0 Å². The van der Waals surface area contributed by atoms with Gasteiger partial charge >= 0.3 is 6.09 Å². The molecule has 0 saturated carbocycles. The van der Waals surface area contributed by atoms with Gasteiger partial charge in [0.05, 0.1) is 12.5 Å². The zero-order valence-corrected chi connectivity index (χ0v) is 16.2. The first-order valence-electron chi connectivity index (χ1n) is 9.83. The van der Waals surface area contributed by atoms with Gasteiger partial charge < -0.3 is 15.0 Å². The molecule has 28 heavy (non-hydrogen) atoms. The summed E-state index contributed by atoms with van der Waals surface area (Å²) in [6, 6.07) is 13.8. The maximum atomic E-state index is 13.1. The minimum atomic E-state index is -0.271. The van der Waals surface area contributed by atoms with E-state index in [1.807, 2.05) is 42.5 Å². The molecular weight excluding hydrogens is 354 g/mol. The Kier molecular flexibility index (Phi) is 7.00. The zero-order chi connectivity index (χ0) is 19.8. The van der Waals surface area contributed by atoms with Gasteiger partial charge in [-0.1, -0.05) is 30.3 Å². The lowest BCUT2D eigenvalue weighted by atomic mass is 9.91. The third-order valence-corrected chi connectivity index (χ3v) is 5.07. The van der Waals surface area contributed by atoms with E-state index in [2.05, 4.69) is 10.3 Å². The number of aromatic nitrogens is 1. The molecule has 0 aliphatic carbocycles. The van der Waals surface area contributed by atoms with E-state index in [9.17, 15) is 9.59 Å². The van der Waals surface area contributed by atoms with Crippen molar-refractivity contribution < 1.29 is 14.3 Å². The quantitative estimate of drug-likeness (QED) is 0.834. The highest BCUT2D eigenvalue weighted by atomic mass is 16.6. The molecule has 2 aromatic rings. The van der Waals surface area contributed by atoms with Crippen molar-refractivity contribution >= 4 is 12.0 Å². The Bertz CT molecular complexity index is 759. The zero-order valence-electron chi connectivity index (χ0n) is 16.2. The Morgan fingerprint density at radius 1 is 1.14 bits per heavy atom. The highest BCUT2D eigenvalue weighted by Crippen LogP contribution is 2.22. The molecule has 1 atom stereocenters. The van der Waals surface area contributed by atoms with Crippen molar-refractivity contribution in [2.45, 2.75) is 38.1 Å². The number of nitrogens with one attached hydrogen (secondary N) is 1. The molecule has 2 heterocycles. The van der Waals surface area contributed by atoms with E-state index in [1.54, 1.807) is 24.2 Å². The maximum Gasteiger partial charge on any atom is 0.409 e. The van der Waals surface area contributed by atoms with Crippen LogP contribution in [0.1, 0.15) is 36.8 Å². The van der Waals surface area contributed by atoms with Crippen LogP contribution in [-0.4, -0.2) is 47.6 Å². The largest absolute Gasteiger partial charge is 0.450 e. The number of piperidine rings is 1. The number of ether oxygens (including phenoxy) is 1. The van der Waals surface area contributed by atoms with Crippen LogP contribution in [0.15, 0.2) is 54.9 Å². The van der Waals surface area contributed by atoms with Crippen molar-refractivity contribution in [2.75, 3.05) is 19.7 Å². The monoisotopic (exact) mass is 381 g/mol. The summed E-state index contributed by atoms with van der Waals surface area (Å²) in [6.07, 6.45) is 5.33. The summed E-state index contributed by atoms with van der Waals surface area (Å²) in [5.74, 6) is -0.232. The number of carbonyl (C=O) groups is 2. The van der Waals surface area contributed by atoms with Gasteiger partial charge in [-0.25, -0.2) is 4.79 Å². The topological polar surface area (TPSA) is 71.5 Å². The first kappa shape index (κ1) is 19.9. The number of hydrogen-bond donors (Lipinski definition) is 1. The van der Waals surface area contributed by atoms with E-state index in [1.165, 1.54) is 0 Å². The predicted molar refractivity (Wildman–Crippen MR) is 107 cm³/mol. The predicted octanol–water partition coefficient (Wildman–Crippen LogP) is 3.15. The molecule has 3 rings (SSSR count). The van der Waals surface area contributed by atoms with Gasteiger partial charge in [0, 0.05) is 31.5 Å². The van der Waals surface area contributed by atoms with Crippen molar-refractivity contribution in [3.8, 4) is 0 Å². The van der Waals surface area contributed by atoms with E-state index in [0.29, 0.717) is 26.1 Å². The number of hydrogen-bond acceptors (Lipinski definition) is 4. The first-order chi connectivity index (χ1) is 13.7. The summed E-state index contributed by atoms with van der Waals surface area (Å²) >= 11 is 0. The van der Waals surface area contributed by atoms with Gasteiger partial charge in [-0.3, -0.25) is 9.78 Å². The molecule has 1 aliphatic heterocycles. The fourth-order valence-corrected chi connectivity index (χ4v) is 3.52. The molecule has 1 aliphatic rings. The van der Waals surface area contributed by atoms with Gasteiger partial charge in [0.2, 0.25) is 5.91 Å². The van der Waals surface area contributed by atoms with Gasteiger partial charge in [0.15, 0.2) is 0 Å². The Labute approximate surface area is 165 Å². The summed E-state index contributed by atoms with van der Waals surface area (Å²) in [5.41, 5.74) is 2.08. The van der Waals surface area contributed by atoms with Crippen LogP contribution in [0.3, 0.4) is 0 Å². The van der Waals surface area contributed by atoms with Gasteiger partial charge in [0.25, 0.3) is 0 Å². The maximum absolute atomic E-state index is 13.1. The van der Waals surface area contributed by atoms with E-state index in [-0.39, 0.29) is 24.0 Å². The summed E-state index contributed by atoms with van der Waals surface area (Å²) in [7, 11) is 0. The number of amides is 2. The number of rotatable bonds is 6. The van der Waals surface area contributed by atoms with Crippen LogP contribution < -0.4 is 5.32 Å². The molecule has 0 radical (unpaired) electrons. The minimum Gasteiger partial charge on any atom is -0.450 e. The van der Waals surface area contributed by atoms with Crippen molar-refractivity contribution in [1.82, 2.24) is 15.2 Å². The molecule has 2 amide bonds. The molecular formula is C22H27N3O3. The van der Waals surface area contributed by atoms with Crippen LogP contribution in [0.5, 0.6) is 0 Å². The smallest absolute Gasteiger partial charge is 0.409 e. The lowest BCUT2D eigenvalue weighted by Crippen LogP contribution is -2.47. The Balaban J connectivity index is 1.63. The molecule has 0 spiro atoms.